The number of aromatic nitrogens is 1. The summed E-state index contributed by atoms with van der Waals surface area (Å²) in [6, 6.07) is 10.1. The van der Waals surface area contributed by atoms with Crippen LogP contribution < -0.4 is 5.32 Å². The summed E-state index contributed by atoms with van der Waals surface area (Å²) in [5.41, 5.74) is 3.58. The second-order valence-corrected chi connectivity index (χ2v) is 7.56. The van der Waals surface area contributed by atoms with Crippen molar-refractivity contribution >= 4 is 17.7 Å². The third-order valence-electron chi connectivity index (χ3n) is 4.46. The molecule has 26 heavy (non-hydrogen) atoms. The van der Waals surface area contributed by atoms with Crippen molar-refractivity contribution in [3.8, 4) is 6.07 Å². The quantitative estimate of drug-likeness (QED) is 0.818. The molecular formula is C20H20FN3OS. The summed E-state index contributed by atoms with van der Waals surface area (Å²) in [6.07, 6.45) is 2.99. The van der Waals surface area contributed by atoms with Crippen LogP contribution in [0, 0.1) is 23.1 Å². The fraction of sp³-hybridized carbons (Fsp3) is 0.350. The summed E-state index contributed by atoms with van der Waals surface area (Å²) in [5, 5.41) is 12.8. The first-order chi connectivity index (χ1) is 12.5. The molecule has 1 amide bonds. The Bertz CT molecular complexity index is 845. The van der Waals surface area contributed by atoms with Gasteiger partial charge in [0.15, 0.2) is 0 Å². The van der Waals surface area contributed by atoms with Gasteiger partial charge in [0.2, 0.25) is 5.91 Å². The highest BCUT2D eigenvalue weighted by Crippen LogP contribution is 2.29. The lowest BCUT2D eigenvalue weighted by Crippen LogP contribution is -2.24. The molecule has 0 bridgehead atoms. The van der Waals surface area contributed by atoms with Crippen LogP contribution in [0.3, 0.4) is 0 Å². The van der Waals surface area contributed by atoms with Crippen LogP contribution in [0.15, 0.2) is 35.4 Å². The number of nitriles is 1. The molecule has 0 saturated carbocycles. The first-order valence-electron chi connectivity index (χ1n) is 8.62. The predicted octanol–water partition coefficient (Wildman–Crippen LogP) is 3.63. The van der Waals surface area contributed by atoms with Crippen LogP contribution in [-0.4, -0.2) is 16.6 Å². The zero-order valence-electron chi connectivity index (χ0n) is 14.6. The van der Waals surface area contributed by atoms with Gasteiger partial charge in [-0.15, -0.1) is 0 Å². The molecule has 6 heteroatoms. The average Bonchev–Trinajstić information content (AvgIpc) is 2.65. The number of pyridine rings is 1. The number of amides is 1. The fourth-order valence-corrected chi connectivity index (χ4v) is 3.81. The summed E-state index contributed by atoms with van der Waals surface area (Å²) >= 11 is 1.29. The number of aryl methyl sites for hydroxylation is 1. The minimum Gasteiger partial charge on any atom is -0.351 e. The van der Waals surface area contributed by atoms with Crippen LogP contribution in [0.25, 0.3) is 0 Å². The van der Waals surface area contributed by atoms with Crippen LogP contribution in [-0.2, 0) is 24.2 Å². The van der Waals surface area contributed by atoms with Crippen LogP contribution in [0.1, 0.15) is 35.7 Å². The Kier molecular flexibility index (Phi) is 5.89. The topological polar surface area (TPSA) is 65.8 Å². The number of halogens is 1. The third-order valence-corrected chi connectivity index (χ3v) is 5.45. The highest BCUT2D eigenvalue weighted by molar-refractivity contribution is 8.00. The monoisotopic (exact) mass is 369 g/mol. The van der Waals surface area contributed by atoms with Gasteiger partial charge in [-0.1, -0.05) is 30.8 Å². The van der Waals surface area contributed by atoms with E-state index in [0.717, 1.165) is 36.1 Å². The maximum Gasteiger partial charge on any atom is 0.230 e. The number of nitrogens with zero attached hydrogens (tertiary/aromatic N) is 2. The van der Waals surface area contributed by atoms with Crippen LogP contribution in [0.2, 0.25) is 0 Å². The van der Waals surface area contributed by atoms with Crippen molar-refractivity contribution < 1.29 is 9.18 Å². The molecule has 0 saturated heterocycles. The third kappa shape index (κ3) is 4.61. The van der Waals surface area contributed by atoms with Gasteiger partial charge in [0.05, 0.1) is 11.3 Å². The molecule has 1 atom stereocenters. The first-order valence-corrected chi connectivity index (χ1v) is 9.60. The Balaban J connectivity index is 1.59. The smallest absolute Gasteiger partial charge is 0.230 e. The van der Waals surface area contributed by atoms with E-state index >= 15 is 0 Å². The van der Waals surface area contributed by atoms with Crippen LogP contribution in [0.4, 0.5) is 4.39 Å². The number of nitrogens with one attached hydrogen (secondary N) is 1. The molecule has 3 rings (SSSR count). The maximum atomic E-state index is 12.9. The zero-order chi connectivity index (χ0) is 18.5. The molecule has 1 aromatic carbocycles. The van der Waals surface area contributed by atoms with E-state index in [-0.39, 0.29) is 17.5 Å². The molecule has 4 nitrogen and oxygen atoms in total. The number of hydrogen-bond acceptors (Lipinski definition) is 4. The van der Waals surface area contributed by atoms with Gasteiger partial charge in [-0.05, 0) is 54.5 Å². The number of benzene rings is 1. The summed E-state index contributed by atoms with van der Waals surface area (Å²) < 4.78 is 12.9. The molecular weight excluding hydrogens is 349 g/mol. The molecule has 2 aromatic rings. The molecule has 134 valence electrons. The second kappa shape index (κ2) is 8.33. The zero-order valence-corrected chi connectivity index (χ0v) is 15.4. The van der Waals surface area contributed by atoms with Gasteiger partial charge in [-0.2, -0.15) is 5.26 Å². The van der Waals surface area contributed by atoms with E-state index in [0.29, 0.717) is 23.1 Å². The number of thioether (sulfide) groups is 1. The lowest BCUT2D eigenvalue weighted by atomic mass is 9.87. The SMILES string of the molecule is CC1CCc2nc(SCC(=O)NCc3ccc(F)cc3)c(C#N)cc2C1. The van der Waals surface area contributed by atoms with Crippen molar-refractivity contribution in [2.45, 2.75) is 37.8 Å². The number of rotatable bonds is 5. The fourth-order valence-electron chi connectivity index (χ4n) is 3.01. The van der Waals surface area contributed by atoms with Gasteiger partial charge in [0, 0.05) is 12.2 Å². The van der Waals surface area contributed by atoms with Gasteiger partial charge in [0.1, 0.15) is 16.9 Å². The second-order valence-electron chi connectivity index (χ2n) is 6.60. The van der Waals surface area contributed by atoms with E-state index in [9.17, 15) is 14.4 Å². The number of fused-ring (bicyclic) bond motifs is 1. The largest absolute Gasteiger partial charge is 0.351 e. The Labute approximate surface area is 156 Å². The van der Waals surface area contributed by atoms with Crippen LogP contribution >= 0.6 is 11.8 Å². The molecule has 1 aliphatic rings. The molecule has 1 N–H and O–H groups in total. The molecule has 0 aliphatic heterocycles. The summed E-state index contributed by atoms with van der Waals surface area (Å²) in [7, 11) is 0. The van der Waals surface area contributed by atoms with Gasteiger partial charge in [-0.3, -0.25) is 4.79 Å². The molecule has 1 aromatic heterocycles. The number of hydrogen-bond donors (Lipinski definition) is 1. The maximum absolute atomic E-state index is 12.9. The summed E-state index contributed by atoms with van der Waals surface area (Å²) in [5.74, 6) is 0.369. The van der Waals surface area contributed by atoms with Gasteiger partial charge >= 0.3 is 0 Å². The Morgan fingerprint density at radius 1 is 1.42 bits per heavy atom. The van der Waals surface area contributed by atoms with Gasteiger partial charge in [-0.25, -0.2) is 9.37 Å². The average molecular weight is 369 g/mol. The predicted molar refractivity (Wildman–Crippen MR) is 99.1 cm³/mol. The highest BCUT2D eigenvalue weighted by Gasteiger charge is 2.19. The minimum atomic E-state index is -0.299. The van der Waals surface area contributed by atoms with Crippen molar-refractivity contribution in [1.29, 1.82) is 5.26 Å². The molecule has 1 unspecified atom stereocenters. The van der Waals surface area contributed by atoms with Crippen molar-refractivity contribution in [2.75, 3.05) is 5.75 Å². The van der Waals surface area contributed by atoms with E-state index in [1.54, 1.807) is 12.1 Å². The lowest BCUT2D eigenvalue weighted by molar-refractivity contribution is -0.118. The molecule has 0 fully saturated rings. The Morgan fingerprint density at radius 3 is 2.92 bits per heavy atom. The van der Waals surface area contributed by atoms with E-state index in [1.807, 2.05) is 6.07 Å². The van der Waals surface area contributed by atoms with Crippen molar-refractivity contribution in [3.63, 3.8) is 0 Å². The van der Waals surface area contributed by atoms with Gasteiger partial charge < -0.3 is 5.32 Å². The van der Waals surface area contributed by atoms with E-state index in [1.165, 1.54) is 23.9 Å². The summed E-state index contributed by atoms with van der Waals surface area (Å²) in [4.78, 5) is 16.7. The molecule has 1 aliphatic carbocycles. The molecule has 0 radical (unpaired) electrons. The van der Waals surface area contributed by atoms with Crippen LogP contribution in [0.5, 0.6) is 0 Å². The molecule has 0 spiro atoms. The number of carbonyl (C=O) groups is 1. The first kappa shape index (κ1) is 18.4. The van der Waals surface area contributed by atoms with Gasteiger partial charge in [0.25, 0.3) is 0 Å². The minimum absolute atomic E-state index is 0.142. The Morgan fingerprint density at radius 2 is 2.19 bits per heavy atom. The Hall–Kier alpha value is -2.39. The number of carbonyl (C=O) groups excluding carboxylic acids is 1. The van der Waals surface area contributed by atoms with E-state index in [4.69, 9.17) is 0 Å². The van der Waals surface area contributed by atoms with Crippen molar-refractivity contribution in [2.24, 2.45) is 5.92 Å². The van der Waals surface area contributed by atoms with Crippen molar-refractivity contribution in [3.05, 3.63) is 58.5 Å². The van der Waals surface area contributed by atoms with E-state index in [2.05, 4.69) is 23.3 Å². The highest BCUT2D eigenvalue weighted by atomic mass is 32.2. The normalized spacial score (nSPS) is 15.8. The van der Waals surface area contributed by atoms with Crippen molar-refractivity contribution in [1.82, 2.24) is 10.3 Å². The molecule has 1 heterocycles. The summed E-state index contributed by atoms with van der Waals surface area (Å²) in [6.45, 7) is 2.56. The lowest BCUT2D eigenvalue weighted by Gasteiger charge is -2.21. The van der Waals surface area contributed by atoms with E-state index < -0.39 is 0 Å². The standard InChI is InChI=1S/C20H20FN3OS/c1-13-2-7-18-15(8-13)9-16(10-22)20(24-18)26-12-19(25)23-11-14-3-5-17(21)6-4-14/h3-6,9,13H,2,7-8,11-12H2,1H3,(H,23,25).